The first-order valence-corrected chi connectivity index (χ1v) is 7.84. The first-order chi connectivity index (χ1) is 11.1. The molecule has 1 amide bonds. The van der Waals surface area contributed by atoms with Gasteiger partial charge in [0.25, 0.3) is 5.91 Å². The van der Waals surface area contributed by atoms with Crippen molar-refractivity contribution >= 4 is 23.5 Å². The Morgan fingerprint density at radius 3 is 2.35 bits per heavy atom. The van der Waals surface area contributed by atoms with Crippen LogP contribution in [0.15, 0.2) is 54.6 Å². The minimum absolute atomic E-state index is 0.188. The Morgan fingerprint density at radius 2 is 1.70 bits per heavy atom. The summed E-state index contributed by atoms with van der Waals surface area (Å²) in [7, 11) is 0. The molecule has 0 saturated heterocycles. The van der Waals surface area contributed by atoms with Gasteiger partial charge < -0.3 is 10.1 Å². The predicted octanol–water partition coefficient (Wildman–Crippen LogP) is 3.52. The van der Waals surface area contributed by atoms with Gasteiger partial charge in [-0.1, -0.05) is 54.1 Å². The van der Waals surface area contributed by atoms with Crippen LogP contribution in [-0.4, -0.2) is 17.9 Å². The van der Waals surface area contributed by atoms with E-state index < -0.39 is 12.1 Å². The van der Waals surface area contributed by atoms with Crippen LogP contribution in [0, 0.1) is 0 Å². The van der Waals surface area contributed by atoms with Gasteiger partial charge in [0.15, 0.2) is 0 Å². The number of amides is 1. The number of nitrogens with one attached hydrogen (secondary N) is 1. The van der Waals surface area contributed by atoms with E-state index in [9.17, 15) is 9.59 Å². The molecule has 0 spiro atoms. The highest BCUT2D eigenvalue weighted by atomic mass is 35.5. The van der Waals surface area contributed by atoms with Crippen LogP contribution in [0.4, 0.5) is 0 Å². The van der Waals surface area contributed by atoms with Gasteiger partial charge in [-0.2, -0.15) is 0 Å². The summed E-state index contributed by atoms with van der Waals surface area (Å²) < 4.78 is 5.46. The van der Waals surface area contributed by atoms with E-state index in [1.807, 2.05) is 6.07 Å². The van der Waals surface area contributed by atoms with Gasteiger partial charge in [-0.25, -0.2) is 4.79 Å². The molecule has 0 heterocycles. The Bertz CT molecular complexity index is 713. The first-order valence-electron chi connectivity index (χ1n) is 7.46. The van der Waals surface area contributed by atoms with E-state index in [4.69, 9.17) is 16.3 Å². The fourth-order valence-corrected chi connectivity index (χ4v) is 2.42. The van der Waals surface area contributed by atoms with Crippen LogP contribution in [0.25, 0.3) is 0 Å². The molecule has 3 rings (SSSR count). The summed E-state index contributed by atoms with van der Waals surface area (Å²) >= 11 is 6.02. The van der Waals surface area contributed by atoms with Crippen LogP contribution >= 0.6 is 11.6 Å². The topological polar surface area (TPSA) is 55.4 Å². The second kappa shape index (κ2) is 6.84. The molecule has 5 heteroatoms. The van der Waals surface area contributed by atoms with Gasteiger partial charge in [-0.05, 0) is 25.0 Å². The molecular formula is C18H16ClNO3. The highest BCUT2D eigenvalue weighted by Gasteiger charge is 2.31. The summed E-state index contributed by atoms with van der Waals surface area (Å²) in [6, 6.07) is 15.8. The molecule has 1 atom stereocenters. The van der Waals surface area contributed by atoms with E-state index in [0.29, 0.717) is 10.6 Å². The summed E-state index contributed by atoms with van der Waals surface area (Å²) in [4.78, 5) is 24.8. The molecule has 0 bridgehead atoms. The minimum atomic E-state index is -0.986. The molecular weight excluding hydrogens is 314 g/mol. The standard InChI is InChI=1S/C18H16ClNO3/c19-15-9-5-4-8-14(15)18(22)23-16(12-6-2-1-3-7-12)17(21)20-13-10-11-13/h1-9,13,16H,10-11H2,(H,20,21). The fraction of sp³-hybridized carbons (Fsp3) is 0.222. The van der Waals surface area contributed by atoms with Crippen molar-refractivity contribution in [3.05, 3.63) is 70.7 Å². The number of esters is 1. The van der Waals surface area contributed by atoms with E-state index in [0.717, 1.165) is 12.8 Å². The predicted molar refractivity (Wildman–Crippen MR) is 87.2 cm³/mol. The average molecular weight is 330 g/mol. The molecule has 4 nitrogen and oxygen atoms in total. The zero-order valence-electron chi connectivity index (χ0n) is 12.4. The number of benzene rings is 2. The number of hydrogen-bond acceptors (Lipinski definition) is 3. The van der Waals surface area contributed by atoms with Crippen molar-refractivity contribution in [3.63, 3.8) is 0 Å². The highest BCUT2D eigenvalue weighted by molar-refractivity contribution is 6.33. The summed E-state index contributed by atoms with van der Waals surface area (Å²) in [6.07, 6.45) is 0.942. The lowest BCUT2D eigenvalue weighted by Gasteiger charge is -2.18. The molecule has 1 fully saturated rings. The van der Waals surface area contributed by atoms with Gasteiger partial charge in [0.2, 0.25) is 6.10 Å². The molecule has 0 aliphatic heterocycles. The lowest BCUT2D eigenvalue weighted by molar-refractivity contribution is -0.130. The molecule has 118 valence electrons. The van der Waals surface area contributed by atoms with E-state index >= 15 is 0 Å². The number of halogens is 1. The molecule has 2 aromatic rings. The summed E-state index contributed by atoms with van der Waals surface area (Å²) in [5.41, 5.74) is 0.875. The van der Waals surface area contributed by atoms with Crippen LogP contribution in [0.3, 0.4) is 0 Å². The third-order valence-corrected chi connectivity index (χ3v) is 3.91. The lowest BCUT2D eigenvalue weighted by atomic mass is 10.1. The number of rotatable bonds is 5. The van der Waals surface area contributed by atoms with Crippen molar-refractivity contribution in [3.8, 4) is 0 Å². The van der Waals surface area contributed by atoms with Gasteiger partial charge in [0.05, 0.1) is 10.6 Å². The molecule has 1 saturated carbocycles. The van der Waals surface area contributed by atoms with Gasteiger partial charge in [-0.3, -0.25) is 4.79 Å². The number of ether oxygens (including phenoxy) is 1. The van der Waals surface area contributed by atoms with Crippen molar-refractivity contribution < 1.29 is 14.3 Å². The average Bonchev–Trinajstić information content (AvgIpc) is 3.37. The van der Waals surface area contributed by atoms with Crippen LogP contribution < -0.4 is 5.32 Å². The van der Waals surface area contributed by atoms with Crippen LogP contribution in [0.2, 0.25) is 5.02 Å². The van der Waals surface area contributed by atoms with Crippen molar-refractivity contribution in [2.75, 3.05) is 0 Å². The van der Waals surface area contributed by atoms with E-state index in [1.165, 1.54) is 0 Å². The zero-order valence-corrected chi connectivity index (χ0v) is 13.1. The van der Waals surface area contributed by atoms with Crippen LogP contribution in [-0.2, 0) is 9.53 Å². The van der Waals surface area contributed by atoms with Crippen molar-refractivity contribution in [2.24, 2.45) is 0 Å². The molecule has 0 aromatic heterocycles. The monoisotopic (exact) mass is 329 g/mol. The molecule has 1 N–H and O–H groups in total. The largest absolute Gasteiger partial charge is 0.444 e. The lowest BCUT2D eigenvalue weighted by Crippen LogP contribution is -2.33. The van der Waals surface area contributed by atoms with Gasteiger partial charge in [0, 0.05) is 11.6 Å². The normalized spacial score (nSPS) is 14.8. The zero-order chi connectivity index (χ0) is 16.2. The Balaban J connectivity index is 1.82. The van der Waals surface area contributed by atoms with Gasteiger partial charge >= 0.3 is 5.97 Å². The SMILES string of the molecule is O=C(OC(C(=O)NC1CC1)c1ccccc1)c1ccccc1Cl. The Morgan fingerprint density at radius 1 is 1.04 bits per heavy atom. The third-order valence-electron chi connectivity index (χ3n) is 3.58. The number of carbonyl (C=O) groups excluding carboxylic acids is 2. The van der Waals surface area contributed by atoms with Crippen molar-refractivity contribution in [1.82, 2.24) is 5.32 Å². The quantitative estimate of drug-likeness (QED) is 0.854. The molecule has 0 radical (unpaired) electrons. The van der Waals surface area contributed by atoms with E-state index in [1.54, 1.807) is 48.5 Å². The minimum Gasteiger partial charge on any atom is -0.444 e. The molecule has 1 aliphatic rings. The number of hydrogen-bond donors (Lipinski definition) is 1. The first kappa shape index (κ1) is 15.6. The molecule has 2 aromatic carbocycles. The Hall–Kier alpha value is -2.33. The van der Waals surface area contributed by atoms with Crippen molar-refractivity contribution in [2.45, 2.75) is 25.0 Å². The van der Waals surface area contributed by atoms with Crippen molar-refractivity contribution in [1.29, 1.82) is 0 Å². The van der Waals surface area contributed by atoms with E-state index in [2.05, 4.69) is 5.32 Å². The maximum Gasteiger partial charge on any atom is 0.340 e. The smallest absolute Gasteiger partial charge is 0.340 e. The summed E-state index contributed by atoms with van der Waals surface area (Å²) in [6.45, 7) is 0. The highest BCUT2D eigenvalue weighted by Crippen LogP contribution is 2.25. The molecule has 1 aliphatic carbocycles. The Labute approximate surface area is 139 Å². The Kier molecular flexibility index (Phi) is 4.63. The van der Waals surface area contributed by atoms with Gasteiger partial charge in [-0.15, -0.1) is 0 Å². The third kappa shape index (κ3) is 3.90. The van der Waals surface area contributed by atoms with Crippen LogP contribution in [0.5, 0.6) is 0 Å². The second-order valence-corrected chi connectivity index (χ2v) is 5.87. The second-order valence-electron chi connectivity index (χ2n) is 5.46. The summed E-state index contributed by atoms with van der Waals surface area (Å²) in [5.74, 6) is -0.922. The molecule has 23 heavy (non-hydrogen) atoms. The fourth-order valence-electron chi connectivity index (χ4n) is 2.20. The van der Waals surface area contributed by atoms with Crippen LogP contribution in [0.1, 0.15) is 34.9 Å². The molecule has 1 unspecified atom stereocenters. The maximum atomic E-state index is 12.4. The summed E-state index contributed by atoms with van der Waals surface area (Å²) in [5, 5.41) is 3.17. The number of carbonyl (C=O) groups is 2. The van der Waals surface area contributed by atoms with Gasteiger partial charge in [0.1, 0.15) is 0 Å². The maximum absolute atomic E-state index is 12.4. The van der Waals surface area contributed by atoms with E-state index in [-0.39, 0.29) is 17.5 Å².